The van der Waals surface area contributed by atoms with Crippen molar-refractivity contribution in [1.82, 2.24) is 9.88 Å². The molecule has 5 rings (SSSR count). The van der Waals surface area contributed by atoms with Crippen molar-refractivity contribution >= 4 is 17.3 Å². The molecule has 0 atom stereocenters. The summed E-state index contributed by atoms with van der Waals surface area (Å²) in [5, 5.41) is 0. The maximum Gasteiger partial charge on any atom is 0.573 e. The number of nitrogens with zero attached hydrogens (tertiary/aromatic N) is 3. The Labute approximate surface area is 187 Å². The van der Waals surface area contributed by atoms with Crippen LogP contribution in [0, 0.1) is 0 Å². The van der Waals surface area contributed by atoms with E-state index in [2.05, 4.69) is 19.5 Å². The highest BCUT2D eigenvalue weighted by molar-refractivity contribution is 6.10. The Kier molecular flexibility index (Phi) is 5.04. The van der Waals surface area contributed by atoms with Crippen molar-refractivity contribution in [3.05, 3.63) is 71.8 Å². The summed E-state index contributed by atoms with van der Waals surface area (Å²) >= 11 is 0. The molecule has 1 saturated carbocycles. The molecule has 0 amide bonds. The Hall–Kier alpha value is -3.53. The van der Waals surface area contributed by atoms with Gasteiger partial charge in [-0.05, 0) is 60.9 Å². The van der Waals surface area contributed by atoms with Crippen LogP contribution in [0.3, 0.4) is 0 Å². The van der Waals surface area contributed by atoms with E-state index in [1.807, 2.05) is 0 Å². The topological polar surface area (TPSA) is 84.8 Å². The first kappa shape index (κ1) is 21.3. The Morgan fingerprint density at radius 3 is 2.58 bits per heavy atom. The quantitative estimate of drug-likeness (QED) is 0.554. The fourth-order valence-corrected chi connectivity index (χ4v) is 4.38. The second kappa shape index (κ2) is 7.80. The monoisotopic (exact) mass is 458 g/mol. The van der Waals surface area contributed by atoms with Gasteiger partial charge in [0.05, 0.1) is 18.5 Å². The zero-order valence-electron chi connectivity index (χ0n) is 17.5. The minimum absolute atomic E-state index is 0.0375. The zero-order valence-corrected chi connectivity index (χ0v) is 17.5. The van der Waals surface area contributed by atoms with E-state index in [0.717, 1.165) is 30.6 Å². The number of aromatic nitrogens is 1. The number of hydrogen-bond donors (Lipinski definition) is 1. The number of alkyl halides is 3. The van der Waals surface area contributed by atoms with Gasteiger partial charge in [-0.3, -0.25) is 9.69 Å². The number of ketones is 1. The molecule has 3 aromatic rings. The van der Waals surface area contributed by atoms with Gasteiger partial charge in [0.2, 0.25) is 5.78 Å². The summed E-state index contributed by atoms with van der Waals surface area (Å²) in [5.41, 5.74) is 7.92. The molecule has 172 valence electrons. The molecule has 7 nitrogen and oxygen atoms in total. The van der Waals surface area contributed by atoms with E-state index in [0.29, 0.717) is 18.8 Å². The van der Waals surface area contributed by atoms with Gasteiger partial charge in [0.25, 0.3) is 0 Å². The summed E-state index contributed by atoms with van der Waals surface area (Å²) in [7, 11) is 0. The molecule has 2 aromatic heterocycles. The number of carbonyl (C=O) groups excluding carboxylic acids is 1. The number of halogens is 3. The molecule has 3 heterocycles. The lowest BCUT2D eigenvalue weighted by molar-refractivity contribution is -0.274. The Balaban J connectivity index is 1.36. The number of nitrogens with two attached hydrogens (primary N) is 1. The number of nitrogen functional groups attached to an aromatic ring is 1. The average Bonchev–Trinajstić information content (AvgIpc) is 3.17. The summed E-state index contributed by atoms with van der Waals surface area (Å²) < 4.78 is 46.5. The van der Waals surface area contributed by atoms with E-state index < -0.39 is 6.36 Å². The molecular weight excluding hydrogens is 437 g/mol. The molecule has 2 aliphatic rings. The number of benzene rings is 1. The van der Waals surface area contributed by atoms with Crippen molar-refractivity contribution in [2.45, 2.75) is 31.3 Å². The third-order valence-corrected chi connectivity index (χ3v) is 6.16. The van der Waals surface area contributed by atoms with E-state index >= 15 is 0 Å². The van der Waals surface area contributed by atoms with E-state index in [4.69, 9.17) is 10.2 Å². The predicted molar refractivity (Wildman–Crippen MR) is 114 cm³/mol. The van der Waals surface area contributed by atoms with Crippen molar-refractivity contribution < 1.29 is 27.1 Å². The van der Waals surface area contributed by atoms with E-state index in [-0.39, 0.29) is 28.6 Å². The van der Waals surface area contributed by atoms with Crippen molar-refractivity contribution in [3.63, 3.8) is 0 Å². The zero-order chi connectivity index (χ0) is 23.2. The van der Waals surface area contributed by atoms with Crippen molar-refractivity contribution in [2.75, 3.05) is 23.8 Å². The van der Waals surface area contributed by atoms with Crippen LogP contribution in [0.25, 0.3) is 0 Å². The van der Waals surface area contributed by atoms with E-state index in [9.17, 15) is 18.0 Å². The second-order valence-electron chi connectivity index (χ2n) is 8.34. The third kappa shape index (κ3) is 4.25. The van der Waals surface area contributed by atoms with Gasteiger partial charge in [0.15, 0.2) is 5.76 Å². The van der Waals surface area contributed by atoms with Crippen molar-refractivity contribution in [2.24, 2.45) is 0 Å². The van der Waals surface area contributed by atoms with Gasteiger partial charge in [0, 0.05) is 30.5 Å². The maximum atomic E-state index is 13.0. The predicted octanol–water partition coefficient (Wildman–Crippen LogP) is 4.20. The highest BCUT2D eigenvalue weighted by Gasteiger charge is 2.53. The third-order valence-electron chi connectivity index (χ3n) is 6.16. The van der Waals surface area contributed by atoms with Crippen LogP contribution in [0.5, 0.6) is 5.75 Å². The first-order valence-electron chi connectivity index (χ1n) is 10.4. The fraction of sp³-hybridized carbons (Fsp3) is 0.304. The number of hydrogen-bond acceptors (Lipinski definition) is 7. The molecule has 2 fully saturated rings. The molecule has 0 bridgehead atoms. The molecule has 1 saturated heterocycles. The summed E-state index contributed by atoms with van der Waals surface area (Å²) in [5.74, 6) is -0.227. The van der Waals surface area contributed by atoms with Gasteiger partial charge in [-0.15, -0.1) is 13.2 Å². The van der Waals surface area contributed by atoms with E-state index in [1.165, 1.54) is 18.4 Å². The fourth-order valence-electron chi connectivity index (χ4n) is 4.38. The number of rotatable bonds is 6. The Morgan fingerprint density at radius 1 is 1.18 bits per heavy atom. The van der Waals surface area contributed by atoms with Crippen LogP contribution in [-0.4, -0.2) is 40.8 Å². The van der Waals surface area contributed by atoms with Gasteiger partial charge in [-0.2, -0.15) is 0 Å². The van der Waals surface area contributed by atoms with Crippen LogP contribution in [0.2, 0.25) is 0 Å². The minimum atomic E-state index is -4.72. The lowest BCUT2D eigenvalue weighted by Crippen LogP contribution is -2.33. The normalized spacial score (nSPS) is 17.5. The SMILES string of the molecule is Nc1nccc(CN2CN(c3ccc(OC(F)(F)F)cc3)CC23CC3)c1C(=O)c1ccco1. The molecule has 0 radical (unpaired) electrons. The largest absolute Gasteiger partial charge is 0.573 e. The summed E-state index contributed by atoms with van der Waals surface area (Å²) in [6.07, 6.45) is 0.293. The maximum absolute atomic E-state index is 13.0. The standard InChI is InChI=1S/C23H21F3N4O3/c24-23(25,26)33-17-5-3-16(4-6-17)29-13-22(8-9-22)30(14-29)12-15-7-10-28-21(27)19(15)20(31)18-2-1-11-32-18/h1-7,10-11H,8-9,12-14H2,(H2,27,28). The molecule has 1 spiro atoms. The second-order valence-corrected chi connectivity index (χ2v) is 8.34. The number of carbonyl (C=O) groups is 1. The average molecular weight is 458 g/mol. The van der Waals surface area contributed by atoms with E-state index in [1.54, 1.807) is 36.5 Å². The van der Waals surface area contributed by atoms with Crippen LogP contribution in [0.4, 0.5) is 24.7 Å². The van der Waals surface area contributed by atoms with Gasteiger partial charge in [-0.25, -0.2) is 4.98 Å². The molecule has 1 aliphatic heterocycles. The molecule has 1 aliphatic carbocycles. The number of anilines is 2. The lowest BCUT2D eigenvalue weighted by atomic mass is 10.0. The van der Waals surface area contributed by atoms with Crippen LogP contribution >= 0.6 is 0 Å². The first-order chi connectivity index (χ1) is 15.7. The molecular formula is C23H21F3N4O3. The molecule has 33 heavy (non-hydrogen) atoms. The smallest absolute Gasteiger partial charge is 0.461 e. The Morgan fingerprint density at radius 2 is 1.94 bits per heavy atom. The van der Waals surface area contributed by atoms with Crippen molar-refractivity contribution in [3.8, 4) is 5.75 Å². The molecule has 1 aromatic carbocycles. The summed E-state index contributed by atoms with van der Waals surface area (Å²) in [6.45, 7) is 1.80. The van der Waals surface area contributed by atoms with Crippen LogP contribution in [0.15, 0.2) is 59.3 Å². The molecule has 0 unspecified atom stereocenters. The van der Waals surface area contributed by atoms with Crippen molar-refractivity contribution in [1.29, 1.82) is 0 Å². The van der Waals surface area contributed by atoms with Gasteiger partial charge < -0.3 is 19.8 Å². The lowest BCUT2D eigenvalue weighted by Gasteiger charge is -2.24. The Bertz CT molecular complexity index is 1160. The van der Waals surface area contributed by atoms with Gasteiger partial charge in [-0.1, -0.05) is 0 Å². The minimum Gasteiger partial charge on any atom is -0.461 e. The van der Waals surface area contributed by atoms with Gasteiger partial charge >= 0.3 is 6.36 Å². The van der Waals surface area contributed by atoms with Gasteiger partial charge in [0.1, 0.15) is 11.6 Å². The highest BCUT2D eigenvalue weighted by Crippen LogP contribution is 2.48. The highest BCUT2D eigenvalue weighted by atomic mass is 19.4. The summed E-state index contributed by atoms with van der Waals surface area (Å²) in [4.78, 5) is 21.5. The summed E-state index contributed by atoms with van der Waals surface area (Å²) in [6, 6.07) is 10.9. The van der Waals surface area contributed by atoms with Crippen LogP contribution in [-0.2, 0) is 6.54 Å². The van der Waals surface area contributed by atoms with Crippen LogP contribution in [0.1, 0.15) is 34.5 Å². The molecule has 2 N–H and O–H groups in total. The number of ether oxygens (including phenoxy) is 1. The first-order valence-corrected chi connectivity index (χ1v) is 10.4. The number of furan rings is 1. The van der Waals surface area contributed by atoms with Crippen LogP contribution < -0.4 is 15.4 Å². The molecule has 10 heteroatoms. The number of pyridine rings is 1.